The molecule has 10 heavy (non-hydrogen) atoms. The summed E-state index contributed by atoms with van der Waals surface area (Å²) in [5.74, 6) is 1.16. The average Bonchev–Trinajstić information content (AvgIpc) is 1.78. The molecule has 0 aliphatic heterocycles. The number of Topliss-reactive ketones (excluding diaryl/α,β-unsaturated/α-hetero) is 1. The van der Waals surface area contributed by atoms with Gasteiger partial charge in [-0.05, 0) is 17.8 Å². The summed E-state index contributed by atoms with van der Waals surface area (Å²) in [6, 6.07) is 0. The van der Waals surface area contributed by atoms with Crippen LogP contribution >= 0.6 is 0 Å². The summed E-state index contributed by atoms with van der Waals surface area (Å²) in [5, 5.41) is 0. The van der Waals surface area contributed by atoms with Crippen molar-refractivity contribution in [2.24, 2.45) is 11.3 Å². The number of hydrogen-bond donors (Lipinski definition) is 0. The van der Waals surface area contributed by atoms with Crippen LogP contribution in [0, 0.1) is 11.3 Å². The highest BCUT2D eigenvalue weighted by molar-refractivity contribution is 5.79. The van der Waals surface area contributed by atoms with Gasteiger partial charge in [-0.2, -0.15) is 0 Å². The minimum Gasteiger partial charge on any atom is -0.300 e. The summed E-state index contributed by atoms with van der Waals surface area (Å²) in [6.45, 7) is 6.62. The van der Waals surface area contributed by atoms with Crippen molar-refractivity contribution < 1.29 is 4.79 Å². The van der Waals surface area contributed by atoms with Gasteiger partial charge in [0.25, 0.3) is 0 Å². The summed E-state index contributed by atoms with van der Waals surface area (Å²) in [5.41, 5.74) is 0.259. The molecule has 58 valence electrons. The van der Waals surface area contributed by atoms with E-state index in [9.17, 15) is 4.79 Å². The molecule has 0 radical (unpaired) electrons. The van der Waals surface area contributed by atoms with Crippen LogP contribution in [-0.4, -0.2) is 5.78 Å². The van der Waals surface area contributed by atoms with Gasteiger partial charge in [0, 0.05) is 12.8 Å². The second-order valence-electron chi connectivity index (χ2n) is 4.14. The second kappa shape index (κ2) is 2.37. The monoisotopic (exact) mass is 140 g/mol. The standard InChI is InChI=1S/C9H16O/c1-7-4-5-8(10)6-9(7,2)3/h7H,4-6H2,1-3H3. The Morgan fingerprint density at radius 1 is 1.50 bits per heavy atom. The summed E-state index contributed by atoms with van der Waals surface area (Å²) in [6.07, 6.45) is 2.69. The zero-order valence-corrected chi connectivity index (χ0v) is 7.11. The normalized spacial score (nSPS) is 32.3. The zero-order chi connectivity index (χ0) is 7.78. The minimum absolute atomic E-state index is 0.259. The fourth-order valence-corrected chi connectivity index (χ4v) is 1.54. The van der Waals surface area contributed by atoms with E-state index in [1.54, 1.807) is 0 Å². The van der Waals surface area contributed by atoms with Crippen molar-refractivity contribution in [2.75, 3.05) is 0 Å². The van der Waals surface area contributed by atoms with E-state index in [-0.39, 0.29) is 5.41 Å². The first-order valence-corrected chi connectivity index (χ1v) is 4.04. The molecule has 0 spiro atoms. The van der Waals surface area contributed by atoms with Crippen molar-refractivity contribution in [2.45, 2.75) is 40.0 Å². The predicted molar refractivity (Wildman–Crippen MR) is 41.8 cm³/mol. The van der Waals surface area contributed by atoms with Gasteiger partial charge in [-0.25, -0.2) is 0 Å². The summed E-state index contributed by atoms with van der Waals surface area (Å²) in [7, 11) is 0. The number of carbonyl (C=O) groups is 1. The van der Waals surface area contributed by atoms with E-state index < -0.39 is 0 Å². The third kappa shape index (κ3) is 1.39. The first kappa shape index (κ1) is 7.77. The average molecular weight is 140 g/mol. The Hall–Kier alpha value is -0.330. The zero-order valence-electron chi connectivity index (χ0n) is 7.11. The Balaban J connectivity index is 2.63. The molecular formula is C9H16O. The summed E-state index contributed by atoms with van der Waals surface area (Å²) >= 11 is 0. The highest BCUT2D eigenvalue weighted by Crippen LogP contribution is 2.38. The molecular weight excluding hydrogens is 124 g/mol. The lowest BCUT2D eigenvalue weighted by atomic mass is 9.69. The molecule has 0 saturated heterocycles. The van der Waals surface area contributed by atoms with Crippen LogP contribution in [0.1, 0.15) is 40.0 Å². The highest BCUT2D eigenvalue weighted by atomic mass is 16.1. The van der Waals surface area contributed by atoms with Crippen molar-refractivity contribution in [1.29, 1.82) is 0 Å². The van der Waals surface area contributed by atoms with Crippen LogP contribution in [0.5, 0.6) is 0 Å². The smallest absolute Gasteiger partial charge is 0.133 e. The molecule has 1 unspecified atom stereocenters. The number of hydrogen-bond acceptors (Lipinski definition) is 1. The van der Waals surface area contributed by atoms with E-state index in [0.29, 0.717) is 11.7 Å². The van der Waals surface area contributed by atoms with Crippen LogP contribution in [0.2, 0.25) is 0 Å². The van der Waals surface area contributed by atoms with Gasteiger partial charge in [0.2, 0.25) is 0 Å². The summed E-state index contributed by atoms with van der Waals surface area (Å²) in [4.78, 5) is 11.0. The van der Waals surface area contributed by atoms with Crippen molar-refractivity contribution in [3.05, 3.63) is 0 Å². The van der Waals surface area contributed by atoms with E-state index >= 15 is 0 Å². The maximum absolute atomic E-state index is 11.0. The molecule has 1 atom stereocenters. The number of carbonyl (C=O) groups excluding carboxylic acids is 1. The lowest BCUT2D eigenvalue weighted by Gasteiger charge is -2.35. The van der Waals surface area contributed by atoms with Gasteiger partial charge >= 0.3 is 0 Å². The maximum atomic E-state index is 11.0. The Morgan fingerprint density at radius 3 is 2.50 bits per heavy atom. The third-order valence-electron chi connectivity index (χ3n) is 2.84. The van der Waals surface area contributed by atoms with Gasteiger partial charge < -0.3 is 0 Å². The Kier molecular flexibility index (Phi) is 1.84. The molecule has 0 bridgehead atoms. The molecule has 1 rings (SSSR count). The molecule has 1 heteroatoms. The van der Waals surface area contributed by atoms with E-state index in [1.165, 1.54) is 0 Å². The molecule has 1 aliphatic carbocycles. The van der Waals surface area contributed by atoms with Gasteiger partial charge in [0.05, 0.1) is 0 Å². The molecule has 0 aromatic rings. The predicted octanol–water partition coefficient (Wildman–Crippen LogP) is 2.40. The Morgan fingerprint density at radius 2 is 2.10 bits per heavy atom. The molecule has 0 heterocycles. The molecule has 1 aliphatic rings. The van der Waals surface area contributed by atoms with Gasteiger partial charge in [-0.3, -0.25) is 4.79 Å². The van der Waals surface area contributed by atoms with E-state index in [0.717, 1.165) is 19.3 Å². The summed E-state index contributed by atoms with van der Waals surface area (Å²) < 4.78 is 0. The molecule has 0 aromatic carbocycles. The van der Waals surface area contributed by atoms with E-state index in [2.05, 4.69) is 20.8 Å². The highest BCUT2D eigenvalue weighted by Gasteiger charge is 2.32. The SMILES string of the molecule is CC1CCC(=O)CC1(C)C. The fourth-order valence-electron chi connectivity index (χ4n) is 1.54. The number of rotatable bonds is 0. The van der Waals surface area contributed by atoms with Gasteiger partial charge in [0.1, 0.15) is 5.78 Å². The minimum atomic E-state index is 0.259. The molecule has 0 amide bonds. The van der Waals surface area contributed by atoms with E-state index in [1.807, 2.05) is 0 Å². The van der Waals surface area contributed by atoms with Crippen LogP contribution in [0.4, 0.5) is 0 Å². The van der Waals surface area contributed by atoms with E-state index in [4.69, 9.17) is 0 Å². The number of ketones is 1. The molecule has 1 nitrogen and oxygen atoms in total. The lowest BCUT2D eigenvalue weighted by Crippen LogP contribution is -2.30. The lowest BCUT2D eigenvalue weighted by molar-refractivity contribution is -0.124. The van der Waals surface area contributed by atoms with Crippen molar-refractivity contribution in [3.8, 4) is 0 Å². The van der Waals surface area contributed by atoms with Crippen LogP contribution in [0.15, 0.2) is 0 Å². The van der Waals surface area contributed by atoms with Crippen molar-refractivity contribution in [3.63, 3.8) is 0 Å². The van der Waals surface area contributed by atoms with Crippen LogP contribution in [0.25, 0.3) is 0 Å². The van der Waals surface area contributed by atoms with Crippen molar-refractivity contribution >= 4 is 5.78 Å². The topological polar surface area (TPSA) is 17.1 Å². The molecule has 0 aromatic heterocycles. The quantitative estimate of drug-likeness (QED) is 0.505. The van der Waals surface area contributed by atoms with Crippen molar-refractivity contribution in [1.82, 2.24) is 0 Å². The Bertz CT molecular complexity index is 147. The van der Waals surface area contributed by atoms with Gasteiger partial charge in [-0.15, -0.1) is 0 Å². The fraction of sp³-hybridized carbons (Fsp3) is 0.889. The molecule has 1 fully saturated rings. The molecule has 1 saturated carbocycles. The second-order valence-corrected chi connectivity index (χ2v) is 4.14. The Labute approximate surface area is 62.8 Å². The van der Waals surface area contributed by atoms with Crippen LogP contribution < -0.4 is 0 Å². The van der Waals surface area contributed by atoms with Crippen LogP contribution in [-0.2, 0) is 4.79 Å². The molecule has 0 N–H and O–H groups in total. The van der Waals surface area contributed by atoms with Gasteiger partial charge in [0.15, 0.2) is 0 Å². The van der Waals surface area contributed by atoms with Crippen LogP contribution in [0.3, 0.4) is 0 Å². The third-order valence-corrected chi connectivity index (χ3v) is 2.84. The van der Waals surface area contributed by atoms with Gasteiger partial charge in [-0.1, -0.05) is 20.8 Å². The first-order chi connectivity index (χ1) is 4.52. The largest absolute Gasteiger partial charge is 0.300 e. The maximum Gasteiger partial charge on any atom is 0.133 e. The first-order valence-electron chi connectivity index (χ1n) is 4.04.